The van der Waals surface area contributed by atoms with Crippen LogP contribution in [0.5, 0.6) is 5.75 Å². The SMILES string of the molecule is COc1cccc(C[C@@H]2CCCN2C(C)C)c1. The van der Waals surface area contributed by atoms with Crippen molar-refractivity contribution in [1.82, 2.24) is 4.90 Å². The minimum Gasteiger partial charge on any atom is -0.497 e. The van der Waals surface area contributed by atoms with Gasteiger partial charge in [0.15, 0.2) is 0 Å². The summed E-state index contributed by atoms with van der Waals surface area (Å²) >= 11 is 0. The molecule has 17 heavy (non-hydrogen) atoms. The molecule has 1 atom stereocenters. The average molecular weight is 233 g/mol. The van der Waals surface area contributed by atoms with E-state index in [-0.39, 0.29) is 0 Å². The first-order valence-corrected chi connectivity index (χ1v) is 6.59. The van der Waals surface area contributed by atoms with Gasteiger partial charge >= 0.3 is 0 Å². The van der Waals surface area contributed by atoms with Crippen LogP contribution in [0.3, 0.4) is 0 Å². The highest BCUT2D eigenvalue weighted by atomic mass is 16.5. The Balaban J connectivity index is 2.04. The number of hydrogen-bond acceptors (Lipinski definition) is 2. The lowest BCUT2D eigenvalue weighted by atomic mass is 10.0. The van der Waals surface area contributed by atoms with Crippen LogP contribution < -0.4 is 4.74 Å². The second kappa shape index (κ2) is 5.54. The number of rotatable bonds is 4. The van der Waals surface area contributed by atoms with Crippen LogP contribution in [0.1, 0.15) is 32.3 Å². The summed E-state index contributed by atoms with van der Waals surface area (Å²) in [7, 11) is 1.73. The summed E-state index contributed by atoms with van der Waals surface area (Å²) < 4.78 is 5.28. The molecule has 0 aromatic heterocycles. The summed E-state index contributed by atoms with van der Waals surface area (Å²) in [5.74, 6) is 0.969. The summed E-state index contributed by atoms with van der Waals surface area (Å²) in [6, 6.07) is 9.84. The summed E-state index contributed by atoms with van der Waals surface area (Å²) in [5, 5.41) is 0. The second-order valence-corrected chi connectivity index (χ2v) is 5.18. The van der Waals surface area contributed by atoms with Crippen molar-refractivity contribution in [2.24, 2.45) is 0 Å². The Morgan fingerprint density at radius 2 is 2.24 bits per heavy atom. The van der Waals surface area contributed by atoms with E-state index in [2.05, 4.69) is 36.9 Å². The van der Waals surface area contributed by atoms with Gasteiger partial charge in [-0.1, -0.05) is 12.1 Å². The highest BCUT2D eigenvalue weighted by molar-refractivity contribution is 5.29. The molecule has 1 fully saturated rings. The van der Waals surface area contributed by atoms with Gasteiger partial charge in [-0.15, -0.1) is 0 Å². The van der Waals surface area contributed by atoms with Crippen LogP contribution in [0.2, 0.25) is 0 Å². The lowest BCUT2D eigenvalue weighted by molar-refractivity contribution is 0.202. The topological polar surface area (TPSA) is 12.5 Å². The molecule has 0 amide bonds. The molecule has 1 aromatic rings. The molecule has 0 radical (unpaired) electrons. The van der Waals surface area contributed by atoms with Gasteiger partial charge in [0.2, 0.25) is 0 Å². The first-order chi connectivity index (χ1) is 8.20. The number of hydrogen-bond donors (Lipinski definition) is 0. The van der Waals surface area contributed by atoms with E-state index in [1.165, 1.54) is 24.9 Å². The van der Waals surface area contributed by atoms with Crippen LogP contribution >= 0.6 is 0 Å². The molecule has 0 bridgehead atoms. The fourth-order valence-electron chi connectivity index (χ4n) is 2.83. The molecule has 2 rings (SSSR count). The van der Waals surface area contributed by atoms with Gasteiger partial charge in [0.1, 0.15) is 5.75 Å². The third-order valence-electron chi connectivity index (χ3n) is 3.69. The van der Waals surface area contributed by atoms with Crippen LogP contribution in [0.25, 0.3) is 0 Å². The van der Waals surface area contributed by atoms with Gasteiger partial charge in [0.25, 0.3) is 0 Å². The monoisotopic (exact) mass is 233 g/mol. The van der Waals surface area contributed by atoms with Crippen molar-refractivity contribution < 1.29 is 4.74 Å². The molecule has 2 heteroatoms. The smallest absolute Gasteiger partial charge is 0.119 e. The Labute approximate surface area is 105 Å². The van der Waals surface area contributed by atoms with Gasteiger partial charge in [-0.3, -0.25) is 4.90 Å². The van der Waals surface area contributed by atoms with E-state index in [1.807, 2.05) is 6.07 Å². The highest BCUT2D eigenvalue weighted by Gasteiger charge is 2.26. The molecule has 1 heterocycles. The van der Waals surface area contributed by atoms with Crippen molar-refractivity contribution in [1.29, 1.82) is 0 Å². The molecule has 1 aliphatic rings. The maximum atomic E-state index is 5.28. The van der Waals surface area contributed by atoms with Crippen LogP contribution in [0.15, 0.2) is 24.3 Å². The van der Waals surface area contributed by atoms with Crippen molar-refractivity contribution in [2.75, 3.05) is 13.7 Å². The second-order valence-electron chi connectivity index (χ2n) is 5.18. The van der Waals surface area contributed by atoms with Gasteiger partial charge < -0.3 is 4.74 Å². The van der Waals surface area contributed by atoms with E-state index in [4.69, 9.17) is 4.74 Å². The number of methoxy groups -OCH3 is 1. The number of likely N-dealkylation sites (tertiary alicyclic amines) is 1. The maximum Gasteiger partial charge on any atom is 0.119 e. The molecular formula is C15H23NO. The molecule has 1 aliphatic heterocycles. The molecule has 0 aliphatic carbocycles. The van der Waals surface area contributed by atoms with E-state index < -0.39 is 0 Å². The van der Waals surface area contributed by atoms with E-state index in [1.54, 1.807) is 7.11 Å². The number of nitrogens with zero attached hydrogens (tertiary/aromatic N) is 1. The molecule has 1 aromatic carbocycles. The largest absolute Gasteiger partial charge is 0.497 e. The fraction of sp³-hybridized carbons (Fsp3) is 0.600. The average Bonchev–Trinajstić information content (AvgIpc) is 2.77. The quantitative estimate of drug-likeness (QED) is 0.792. The first kappa shape index (κ1) is 12.4. The lowest BCUT2D eigenvalue weighted by Crippen LogP contribution is -2.36. The van der Waals surface area contributed by atoms with Crippen LogP contribution in [0.4, 0.5) is 0 Å². The van der Waals surface area contributed by atoms with Crippen LogP contribution in [0, 0.1) is 0 Å². The van der Waals surface area contributed by atoms with Crippen molar-refractivity contribution in [3.05, 3.63) is 29.8 Å². The van der Waals surface area contributed by atoms with E-state index in [9.17, 15) is 0 Å². The summed E-state index contributed by atoms with van der Waals surface area (Å²) in [6.07, 6.45) is 3.82. The predicted molar refractivity (Wildman–Crippen MR) is 71.6 cm³/mol. The Hall–Kier alpha value is -1.02. The van der Waals surface area contributed by atoms with Gasteiger partial charge in [0, 0.05) is 12.1 Å². The number of benzene rings is 1. The number of ether oxygens (including phenoxy) is 1. The predicted octanol–water partition coefficient (Wildman–Crippen LogP) is 3.11. The summed E-state index contributed by atoms with van der Waals surface area (Å²) in [4.78, 5) is 2.62. The van der Waals surface area contributed by atoms with Crippen molar-refractivity contribution in [2.45, 2.75) is 45.2 Å². The Morgan fingerprint density at radius 1 is 1.41 bits per heavy atom. The maximum absolute atomic E-state index is 5.28. The van der Waals surface area contributed by atoms with Crippen LogP contribution in [-0.2, 0) is 6.42 Å². The minimum atomic E-state index is 0.660. The zero-order chi connectivity index (χ0) is 12.3. The fourth-order valence-corrected chi connectivity index (χ4v) is 2.83. The highest BCUT2D eigenvalue weighted by Crippen LogP contribution is 2.24. The third-order valence-corrected chi connectivity index (χ3v) is 3.69. The Bertz CT molecular complexity index is 362. The van der Waals surface area contributed by atoms with Crippen molar-refractivity contribution in [3.63, 3.8) is 0 Å². The molecule has 0 unspecified atom stereocenters. The zero-order valence-electron chi connectivity index (χ0n) is 11.1. The molecule has 0 N–H and O–H groups in total. The molecule has 0 spiro atoms. The van der Waals surface area contributed by atoms with Crippen LogP contribution in [-0.4, -0.2) is 30.6 Å². The molecular weight excluding hydrogens is 210 g/mol. The molecule has 94 valence electrons. The normalized spacial score (nSPS) is 21.1. The minimum absolute atomic E-state index is 0.660. The van der Waals surface area contributed by atoms with Gasteiger partial charge in [-0.05, 0) is 57.4 Å². The zero-order valence-corrected chi connectivity index (χ0v) is 11.1. The third kappa shape index (κ3) is 3.01. The molecule has 0 saturated carbocycles. The van der Waals surface area contributed by atoms with Gasteiger partial charge in [-0.2, -0.15) is 0 Å². The van der Waals surface area contributed by atoms with E-state index in [0.717, 1.165) is 12.2 Å². The Morgan fingerprint density at radius 3 is 2.94 bits per heavy atom. The standard InChI is InChI=1S/C15H23NO/c1-12(2)16-9-5-7-14(16)10-13-6-4-8-15(11-13)17-3/h4,6,8,11-12,14H,5,7,9-10H2,1-3H3/t14-/m0/s1. The lowest BCUT2D eigenvalue weighted by Gasteiger charge is -2.28. The molecule has 2 nitrogen and oxygen atoms in total. The van der Waals surface area contributed by atoms with Crippen molar-refractivity contribution >= 4 is 0 Å². The summed E-state index contributed by atoms with van der Waals surface area (Å²) in [5.41, 5.74) is 1.39. The van der Waals surface area contributed by atoms with E-state index in [0.29, 0.717) is 12.1 Å². The van der Waals surface area contributed by atoms with Gasteiger partial charge in [-0.25, -0.2) is 0 Å². The summed E-state index contributed by atoms with van der Waals surface area (Å²) in [6.45, 7) is 5.85. The van der Waals surface area contributed by atoms with E-state index >= 15 is 0 Å². The van der Waals surface area contributed by atoms with Gasteiger partial charge in [0.05, 0.1) is 7.11 Å². The molecule has 1 saturated heterocycles. The Kier molecular flexibility index (Phi) is 4.06. The first-order valence-electron chi connectivity index (χ1n) is 6.59. The van der Waals surface area contributed by atoms with Crippen molar-refractivity contribution in [3.8, 4) is 5.75 Å².